The number of hydrogen-bond donors (Lipinski definition) is 2. The number of guanidine groups is 1. The third kappa shape index (κ3) is 7.46. The zero-order chi connectivity index (χ0) is 19.5. The largest absolute Gasteiger partial charge is 0.382 e. The second-order valence-electron chi connectivity index (χ2n) is 7.12. The van der Waals surface area contributed by atoms with Crippen LogP contribution in [0.1, 0.15) is 51.2 Å². The smallest absolute Gasteiger partial charge is 0.191 e. The van der Waals surface area contributed by atoms with Crippen LogP contribution in [0.4, 0.5) is 0 Å². The zero-order valence-corrected chi connectivity index (χ0v) is 17.5. The molecule has 0 spiro atoms. The molecule has 0 saturated carbocycles. The lowest BCUT2D eigenvalue weighted by Gasteiger charge is -2.32. The first-order valence-corrected chi connectivity index (χ1v) is 10.3. The Morgan fingerprint density at radius 2 is 2.04 bits per heavy atom. The first kappa shape index (κ1) is 21.6. The number of rotatable bonds is 10. The summed E-state index contributed by atoms with van der Waals surface area (Å²) in [6.45, 7) is 12.6. The van der Waals surface area contributed by atoms with Gasteiger partial charge in [-0.05, 0) is 46.1 Å². The van der Waals surface area contributed by atoms with Gasteiger partial charge < -0.3 is 24.8 Å². The highest BCUT2D eigenvalue weighted by Gasteiger charge is 2.19. The fourth-order valence-corrected chi connectivity index (χ4v) is 3.23. The van der Waals surface area contributed by atoms with Gasteiger partial charge in [-0.2, -0.15) is 0 Å². The van der Waals surface area contributed by atoms with Crippen LogP contribution in [-0.4, -0.2) is 71.1 Å². The molecule has 27 heavy (non-hydrogen) atoms. The predicted octanol–water partition coefficient (Wildman–Crippen LogP) is 1.46. The Morgan fingerprint density at radius 1 is 1.26 bits per heavy atom. The maximum atomic E-state index is 5.42. The fraction of sp³-hybridized carbons (Fsp3) is 0.842. The van der Waals surface area contributed by atoms with Crippen molar-refractivity contribution in [3.63, 3.8) is 0 Å². The molecule has 2 heterocycles. The Labute approximate surface area is 163 Å². The number of likely N-dealkylation sites (tertiary alicyclic amines) is 1. The van der Waals surface area contributed by atoms with Crippen LogP contribution in [-0.2, 0) is 18.3 Å². The molecule has 2 N–H and O–H groups in total. The molecule has 0 radical (unpaired) electrons. The average molecular weight is 380 g/mol. The Bertz CT molecular complexity index is 564. The highest BCUT2D eigenvalue weighted by molar-refractivity contribution is 5.80. The van der Waals surface area contributed by atoms with Gasteiger partial charge in [-0.15, -0.1) is 10.2 Å². The van der Waals surface area contributed by atoms with E-state index in [0.717, 1.165) is 69.7 Å². The first-order chi connectivity index (χ1) is 13.1. The van der Waals surface area contributed by atoms with Gasteiger partial charge in [0.15, 0.2) is 11.8 Å². The molecule has 0 aliphatic carbocycles. The van der Waals surface area contributed by atoms with Crippen molar-refractivity contribution in [3.8, 4) is 0 Å². The van der Waals surface area contributed by atoms with Gasteiger partial charge in [-0.3, -0.25) is 0 Å². The number of nitrogens with zero attached hydrogens (tertiary/aromatic N) is 5. The second kappa shape index (κ2) is 11.9. The van der Waals surface area contributed by atoms with Gasteiger partial charge in [-0.25, -0.2) is 4.99 Å². The lowest BCUT2D eigenvalue weighted by atomic mass is 10.1. The predicted molar refractivity (Wildman–Crippen MR) is 109 cm³/mol. The van der Waals surface area contributed by atoms with E-state index in [0.29, 0.717) is 12.6 Å². The quantitative estimate of drug-likeness (QED) is 0.364. The molecule has 1 fully saturated rings. The molecule has 0 unspecified atom stereocenters. The van der Waals surface area contributed by atoms with Crippen molar-refractivity contribution in [3.05, 3.63) is 11.6 Å². The average Bonchev–Trinajstić information content (AvgIpc) is 2.99. The summed E-state index contributed by atoms with van der Waals surface area (Å²) in [7, 11) is 1.98. The first-order valence-electron chi connectivity index (χ1n) is 10.3. The van der Waals surface area contributed by atoms with Crippen molar-refractivity contribution in [1.29, 1.82) is 0 Å². The number of piperidine rings is 1. The summed E-state index contributed by atoms with van der Waals surface area (Å²) < 4.78 is 7.41. The van der Waals surface area contributed by atoms with Crippen molar-refractivity contribution < 1.29 is 4.74 Å². The van der Waals surface area contributed by atoms with Gasteiger partial charge in [-0.1, -0.05) is 6.92 Å². The Morgan fingerprint density at radius 3 is 2.67 bits per heavy atom. The summed E-state index contributed by atoms with van der Waals surface area (Å²) >= 11 is 0. The van der Waals surface area contributed by atoms with Crippen LogP contribution in [0.25, 0.3) is 0 Å². The monoisotopic (exact) mass is 379 g/mol. The molecule has 0 aromatic carbocycles. The van der Waals surface area contributed by atoms with Crippen LogP contribution in [0.5, 0.6) is 0 Å². The highest BCUT2D eigenvalue weighted by atomic mass is 16.5. The van der Waals surface area contributed by atoms with E-state index in [1.807, 2.05) is 25.5 Å². The lowest BCUT2D eigenvalue weighted by Crippen LogP contribution is -2.49. The number of aliphatic imine (C=N–C) groups is 1. The highest BCUT2D eigenvalue weighted by Crippen LogP contribution is 2.10. The lowest BCUT2D eigenvalue weighted by molar-refractivity contribution is 0.145. The van der Waals surface area contributed by atoms with Crippen LogP contribution in [0.15, 0.2) is 4.99 Å². The zero-order valence-electron chi connectivity index (χ0n) is 17.5. The van der Waals surface area contributed by atoms with E-state index in [1.54, 1.807) is 0 Å². The molecule has 8 nitrogen and oxygen atoms in total. The SMILES string of the molecule is CCCN1CCC(NC(=NCc2nnc(C)n2C)NCCCOCC)CC1. The van der Waals surface area contributed by atoms with Crippen molar-refractivity contribution in [2.24, 2.45) is 12.0 Å². The van der Waals surface area contributed by atoms with E-state index in [9.17, 15) is 0 Å². The number of aryl methyl sites for hydroxylation is 1. The molecule has 1 saturated heterocycles. The standard InChI is InChI=1S/C19H37N7O/c1-5-11-26-12-8-17(9-13-26)22-19(20-10-7-14-27-6-2)21-15-18-24-23-16(3)25(18)4/h17H,5-15H2,1-4H3,(H2,20,21,22). The van der Waals surface area contributed by atoms with Crippen LogP contribution in [0.2, 0.25) is 0 Å². The minimum atomic E-state index is 0.470. The number of hydrogen-bond acceptors (Lipinski definition) is 5. The molecule has 154 valence electrons. The van der Waals surface area contributed by atoms with Crippen LogP contribution < -0.4 is 10.6 Å². The van der Waals surface area contributed by atoms with Crippen molar-refractivity contribution in [1.82, 2.24) is 30.3 Å². The van der Waals surface area contributed by atoms with Gasteiger partial charge in [0.2, 0.25) is 0 Å². The molecule has 0 atom stereocenters. The van der Waals surface area contributed by atoms with Crippen molar-refractivity contribution >= 4 is 5.96 Å². The van der Waals surface area contributed by atoms with E-state index in [2.05, 4.69) is 32.7 Å². The minimum absolute atomic E-state index is 0.470. The Balaban J connectivity index is 1.88. The Hall–Kier alpha value is -1.67. The molecule has 1 aliphatic rings. The maximum Gasteiger partial charge on any atom is 0.191 e. The number of aromatic nitrogens is 3. The molecule has 8 heteroatoms. The van der Waals surface area contributed by atoms with E-state index in [-0.39, 0.29) is 0 Å². The second-order valence-corrected chi connectivity index (χ2v) is 7.12. The minimum Gasteiger partial charge on any atom is -0.382 e. The summed E-state index contributed by atoms with van der Waals surface area (Å²) in [5.74, 6) is 2.64. The number of nitrogens with one attached hydrogen (secondary N) is 2. The number of ether oxygens (including phenoxy) is 1. The van der Waals surface area contributed by atoms with Gasteiger partial charge in [0.25, 0.3) is 0 Å². The van der Waals surface area contributed by atoms with Gasteiger partial charge in [0.1, 0.15) is 12.4 Å². The van der Waals surface area contributed by atoms with Gasteiger partial charge in [0.05, 0.1) is 0 Å². The third-order valence-electron chi connectivity index (χ3n) is 4.99. The third-order valence-corrected chi connectivity index (χ3v) is 4.99. The molecular formula is C19H37N7O. The van der Waals surface area contributed by atoms with E-state index in [1.165, 1.54) is 13.0 Å². The van der Waals surface area contributed by atoms with Crippen LogP contribution in [0, 0.1) is 6.92 Å². The van der Waals surface area contributed by atoms with E-state index < -0.39 is 0 Å². The van der Waals surface area contributed by atoms with Gasteiger partial charge >= 0.3 is 0 Å². The Kier molecular flexibility index (Phi) is 9.55. The summed E-state index contributed by atoms with van der Waals surface area (Å²) in [6.07, 6.45) is 4.50. The molecule has 1 aromatic rings. The normalized spacial score (nSPS) is 16.7. The van der Waals surface area contributed by atoms with Crippen LogP contribution >= 0.6 is 0 Å². The molecule has 0 amide bonds. The van der Waals surface area contributed by atoms with Crippen molar-refractivity contribution in [2.75, 3.05) is 39.4 Å². The summed E-state index contributed by atoms with van der Waals surface area (Å²) in [5.41, 5.74) is 0. The topological polar surface area (TPSA) is 79.6 Å². The summed E-state index contributed by atoms with van der Waals surface area (Å²) in [5, 5.41) is 15.4. The van der Waals surface area contributed by atoms with Crippen molar-refractivity contribution in [2.45, 2.75) is 59.0 Å². The molecule has 1 aromatic heterocycles. The van der Waals surface area contributed by atoms with Crippen LogP contribution in [0.3, 0.4) is 0 Å². The summed E-state index contributed by atoms with van der Waals surface area (Å²) in [6, 6.07) is 0.470. The molecule has 2 rings (SSSR count). The van der Waals surface area contributed by atoms with E-state index in [4.69, 9.17) is 9.73 Å². The van der Waals surface area contributed by atoms with E-state index >= 15 is 0 Å². The fourth-order valence-electron chi connectivity index (χ4n) is 3.23. The molecule has 0 bridgehead atoms. The molecule has 1 aliphatic heterocycles. The molecular weight excluding hydrogens is 342 g/mol. The maximum absolute atomic E-state index is 5.42. The summed E-state index contributed by atoms with van der Waals surface area (Å²) in [4.78, 5) is 7.30. The van der Waals surface area contributed by atoms with Gasteiger partial charge in [0, 0.05) is 45.9 Å².